The molecule has 2 nitrogen and oxygen atoms in total. The quantitative estimate of drug-likeness (QED) is 0.251. The van der Waals surface area contributed by atoms with Crippen LogP contribution < -0.4 is 5.63 Å². The van der Waals surface area contributed by atoms with Gasteiger partial charge in [-0.05, 0) is 35.4 Å². The van der Waals surface area contributed by atoms with Crippen LogP contribution in [0, 0.1) is 5.82 Å². The summed E-state index contributed by atoms with van der Waals surface area (Å²) in [5.74, 6) is 0.160. The molecule has 0 saturated carbocycles. The maximum absolute atomic E-state index is 15.2. The number of hydrogen-bond acceptors (Lipinski definition) is 2. The molecule has 0 bridgehead atoms. The summed E-state index contributed by atoms with van der Waals surface area (Å²) in [6, 6.07) is 13.2. The van der Waals surface area contributed by atoms with Crippen LogP contribution in [0.1, 0.15) is 89.4 Å². The molecule has 0 fully saturated rings. The fourth-order valence-corrected chi connectivity index (χ4v) is 4.34. The Morgan fingerprint density at radius 1 is 0.781 bits per heavy atom. The maximum atomic E-state index is 15.2. The zero-order valence-corrected chi connectivity index (χ0v) is 19.7. The van der Waals surface area contributed by atoms with E-state index in [9.17, 15) is 4.79 Å². The molecule has 0 radical (unpaired) electrons. The van der Waals surface area contributed by atoms with E-state index in [1.165, 1.54) is 56.9 Å². The number of hydrogen-bond donors (Lipinski definition) is 0. The molecule has 0 spiro atoms. The lowest BCUT2D eigenvalue weighted by Crippen LogP contribution is -2.05. The van der Waals surface area contributed by atoms with Gasteiger partial charge in [-0.25, -0.2) is 9.18 Å². The van der Waals surface area contributed by atoms with Crippen LogP contribution >= 0.6 is 0 Å². The third-order valence-corrected chi connectivity index (χ3v) is 6.37. The first-order valence-electron chi connectivity index (χ1n) is 12.5. The van der Waals surface area contributed by atoms with Gasteiger partial charge in [0, 0.05) is 12.0 Å². The van der Waals surface area contributed by atoms with Crippen molar-refractivity contribution in [2.75, 3.05) is 0 Å². The van der Waals surface area contributed by atoms with Crippen molar-refractivity contribution < 1.29 is 8.81 Å². The minimum atomic E-state index is -0.575. The summed E-state index contributed by atoms with van der Waals surface area (Å²) in [4.78, 5) is 12.6. The second kappa shape index (κ2) is 12.6. The molecule has 0 saturated heterocycles. The predicted octanol–water partition coefficient (Wildman–Crippen LogP) is 8.62. The van der Waals surface area contributed by atoms with Crippen molar-refractivity contribution in [2.45, 2.75) is 90.9 Å². The molecule has 32 heavy (non-hydrogen) atoms. The van der Waals surface area contributed by atoms with E-state index in [1.54, 1.807) is 6.07 Å². The van der Waals surface area contributed by atoms with Crippen LogP contribution in [0.3, 0.4) is 0 Å². The van der Waals surface area contributed by atoms with Crippen LogP contribution in [0.25, 0.3) is 21.9 Å². The van der Waals surface area contributed by atoms with Crippen LogP contribution in [0.5, 0.6) is 0 Å². The third-order valence-electron chi connectivity index (χ3n) is 6.37. The average molecular weight is 437 g/mol. The molecule has 3 aromatic rings. The van der Waals surface area contributed by atoms with E-state index in [4.69, 9.17) is 4.42 Å². The smallest absolute Gasteiger partial charge is 0.346 e. The molecule has 3 heteroatoms. The molecular formula is C29H37FO2. The Hall–Kier alpha value is -2.42. The molecule has 3 rings (SSSR count). The molecule has 172 valence electrons. The molecule has 2 aromatic carbocycles. The summed E-state index contributed by atoms with van der Waals surface area (Å²) in [5, 5.41) is 0.670. The van der Waals surface area contributed by atoms with Crippen LogP contribution in [0.2, 0.25) is 0 Å². The van der Waals surface area contributed by atoms with Crippen molar-refractivity contribution in [1.82, 2.24) is 0 Å². The standard InChI is InChI=1S/C29H37FO2/c1-3-5-6-7-8-9-10-11-12-13-14-25-21-24-19-20-26(28(30)27(24)29(31)32-25)23-17-15-22(4-2)16-18-23/h15-21H,3-14H2,1-2H3. The number of halogens is 1. The molecule has 0 aliphatic heterocycles. The fraction of sp³-hybridized carbons (Fsp3) is 0.483. The number of benzene rings is 2. The lowest BCUT2D eigenvalue weighted by atomic mass is 9.99. The van der Waals surface area contributed by atoms with E-state index in [-0.39, 0.29) is 5.39 Å². The lowest BCUT2D eigenvalue weighted by Gasteiger charge is -2.08. The second-order valence-electron chi connectivity index (χ2n) is 8.87. The van der Waals surface area contributed by atoms with Crippen LogP contribution in [-0.2, 0) is 12.8 Å². The highest BCUT2D eigenvalue weighted by molar-refractivity contribution is 5.87. The van der Waals surface area contributed by atoms with E-state index in [0.29, 0.717) is 16.7 Å². The van der Waals surface area contributed by atoms with Gasteiger partial charge in [-0.2, -0.15) is 0 Å². The van der Waals surface area contributed by atoms with Gasteiger partial charge in [0.15, 0.2) is 0 Å². The number of aryl methyl sites for hydroxylation is 2. The number of unbranched alkanes of at least 4 members (excludes halogenated alkanes) is 9. The van der Waals surface area contributed by atoms with E-state index in [2.05, 4.69) is 13.8 Å². The van der Waals surface area contributed by atoms with Crippen LogP contribution in [0.15, 0.2) is 51.7 Å². The van der Waals surface area contributed by atoms with E-state index < -0.39 is 11.4 Å². The zero-order chi connectivity index (χ0) is 22.8. The lowest BCUT2D eigenvalue weighted by molar-refractivity contribution is 0.452. The summed E-state index contributed by atoms with van der Waals surface area (Å²) in [6.07, 6.45) is 14.3. The molecule has 0 aliphatic rings. The molecule has 0 N–H and O–H groups in total. The van der Waals surface area contributed by atoms with Crippen molar-refractivity contribution in [3.05, 3.63) is 70.0 Å². The molecule has 0 unspecified atom stereocenters. The fourth-order valence-electron chi connectivity index (χ4n) is 4.34. The normalized spacial score (nSPS) is 11.3. The minimum absolute atomic E-state index is 0.0499. The van der Waals surface area contributed by atoms with Gasteiger partial charge in [-0.15, -0.1) is 0 Å². The van der Waals surface area contributed by atoms with Gasteiger partial charge in [0.1, 0.15) is 17.0 Å². The Morgan fingerprint density at radius 2 is 1.41 bits per heavy atom. The summed E-state index contributed by atoms with van der Waals surface area (Å²) in [5.41, 5.74) is 1.84. The Balaban J connectivity index is 1.57. The van der Waals surface area contributed by atoms with Gasteiger partial charge in [0.2, 0.25) is 0 Å². The van der Waals surface area contributed by atoms with E-state index in [0.717, 1.165) is 31.2 Å². The largest absolute Gasteiger partial charge is 0.427 e. The maximum Gasteiger partial charge on any atom is 0.346 e. The minimum Gasteiger partial charge on any atom is -0.427 e. The van der Waals surface area contributed by atoms with Crippen molar-refractivity contribution in [2.24, 2.45) is 0 Å². The summed E-state index contributed by atoms with van der Waals surface area (Å²) in [7, 11) is 0. The molecule has 0 aliphatic carbocycles. The van der Waals surface area contributed by atoms with E-state index >= 15 is 4.39 Å². The molecule has 0 amide bonds. The third kappa shape index (κ3) is 6.54. The summed E-state index contributed by atoms with van der Waals surface area (Å²) in [6.45, 7) is 4.34. The summed E-state index contributed by atoms with van der Waals surface area (Å²) >= 11 is 0. The number of rotatable bonds is 13. The van der Waals surface area contributed by atoms with Gasteiger partial charge in [0.25, 0.3) is 0 Å². The Bertz CT molecular complexity index is 1030. The SMILES string of the molecule is CCCCCCCCCCCCc1cc2ccc(-c3ccc(CC)cc3)c(F)c2c(=O)o1. The molecule has 1 heterocycles. The highest BCUT2D eigenvalue weighted by Gasteiger charge is 2.14. The molecular weight excluding hydrogens is 399 g/mol. The first-order chi connectivity index (χ1) is 15.6. The van der Waals surface area contributed by atoms with E-state index in [1.807, 2.05) is 36.4 Å². The zero-order valence-electron chi connectivity index (χ0n) is 19.7. The van der Waals surface area contributed by atoms with Crippen LogP contribution in [0.4, 0.5) is 4.39 Å². The molecule has 0 atom stereocenters. The summed E-state index contributed by atoms with van der Waals surface area (Å²) < 4.78 is 20.7. The Labute approximate surface area is 191 Å². The van der Waals surface area contributed by atoms with Gasteiger partial charge in [0.05, 0.1) is 0 Å². The second-order valence-corrected chi connectivity index (χ2v) is 8.87. The number of fused-ring (bicyclic) bond motifs is 1. The van der Waals surface area contributed by atoms with Crippen molar-refractivity contribution in [3.63, 3.8) is 0 Å². The average Bonchev–Trinajstić information content (AvgIpc) is 2.80. The highest BCUT2D eigenvalue weighted by atomic mass is 19.1. The topological polar surface area (TPSA) is 30.2 Å². The van der Waals surface area contributed by atoms with Crippen LogP contribution in [-0.4, -0.2) is 0 Å². The van der Waals surface area contributed by atoms with Gasteiger partial charge in [-0.1, -0.05) is 108 Å². The Morgan fingerprint density at radius 3 is 2.03 bits per heavy atom. The first kappa shape index (κ1) is 24.2. The van der Waals surface area contributed by atoms with Crippen molar-refractivity contribution >= 4 is 10.8 Å². The highest BCUT2D eigenvalue weighted by Crippen LogP contribution is 2.28. The predicted molar refractivity (Wildman–Crippen MR) is 133 cm³/mol. The monoisotopic (exact) mass is 436 g/mol. The van der Waals surface area contributed by atoms with Gasteiger partial charge >= 0.3 is 5.63 Å². The van der Waals surface area contributed by atoms with Gasteiger partial charge in [-0.3, -0.25) is 0 Å². The first-order valence-corrected chi connectivity index (χ1v) is 12.5. The van der Waals surface area contributed by atoms with Crippen molar-refractivity contribution in [1.29, 1.82) is 0 Å². The Kier molecular flexibility index (Phi) is 9.52. The van der Waals surface area contributed by atoms with Gasteiger partial charge < -0.3 is 4.42 Å². The van der Waals surface area contributed by atoms with Crippen molar-refractivity contribution in [3.8, 4) is 11.1 Å². The molecule has 1 aromatic heterocycles.